The first-order valence-corrected chi connectivity index (χ1v) is 9.28. The van der Waals surface area contributed by atoms with E-state index in [2.05, 4.69) is 32.4 Å². The van der Waals surface area contributed by atoms with Crippen molar-refractivity contribution in [1.29, 1.82) is 0 Å². The van der Waals surface area contributed by atoms with E-state index in [-0.39, 0.29) is 0 Å². The van der Waals surface area contributed by atoms with Crippen LogP contribution < -0.4 is 0 Å². The Balaban J connectivity index is 0.000000500. The number of allylic oxidation sites excluding steroid dienone is 4. The molecule has 0 saturated heterocycles. The summed E-state index contributed by atoms with van der Waals surface area (Å²) in [5, 5.41) is 0. The van der Waals surface area contributed by atoms with Gasteiger partial charge in [0.1, 0.15) is 0 Å². The molecule has 1 aliphatic carbocycles. The van der Waals surface area contributed by atoms with Crippen LogP contribution in [0.3, 0.4) is 0 Å². The van der Waals surface area contributed by atoms with E-state index in [1.807, 2.05) is 0 Å². The Morgan fingerprint density at radius 3 is 2.07 bits per heavy atom. The molecule has 0 fully saturated rings. The zero-order chi connectivity index (χ0) is 10.8. The molecule has 0 aromatic carbocycles. The minimum atomic E-state index is -0.556. The van der Waals surface area contributed by atoms with E-state index in [1.54, 1.807) is 0 Å². The van der Waals surface area contributed by atoms with Crippen molar-refractivity contribution in [3.05, 3.63) is 29.7 Å². The average Bonchev–Trinajstić information content (AvgIpc) is 2.55. The van der Waals surface area contributed by atoms with Crippen LogP contribution in [0.1, 0.15) is 39.5 Å². The van der Waals surface area contributed by atoms with Crippen LogP contribution >= 0.6 is 18.6 Å². The van der Waals surface area contributed by atoms with Crippen LogP contribution in [0, 0.1) is 6.42 Å². The van der Waals surface area contributed by atoms with Crippen molar-refractivity contribution >= 4 is 18.6 Å². The van der Waals surface area contributed by atoms with Crippen LogP contribution in [0.5, 0.6) is 0 Å². The van der Waals surface area contributed by atoms with Crippen LogP contribution in [0.2, 0.25) is 0 Å². The summed E-state index contributed by atoms with van der Waals surface area (Å²) in [6, 6.07) is 0. The second-order valence-electron chi connectivity index (χ2n) is 3.20. The summed E-state index contributed by atoms with van der Waals surface area (Å²) in [5.41, 5.74) is 3.02. The summed E-state index contributed by atoms with van der Waals surface area (Å²) in [7, 11) is 9.78. The summed E-state index contributed by atoms with van der Waals surface area (Å²) in [6.45, 7) is 4.46. The molecule has 1 rings (SSSR count). The molecule has 3 heteroatoms. The monoisotopic (exact) mass is 267 g/mol. The number of hydrogen-bond donors (Lipinski definition) is 0. The standard InChI is InChI=1S/C11H17.2ClH.Ti/c1-3-5-10-7-8-11(9-10)6-4-2;;;/h7-9H,3-6H2,1-2H3;2*1H;/q;;;+2/p-2. The van der Waals surface area contributed by atoms with E-state index in [9.17, 15) is 0 Å². The van der Waals surface area contributed by atoms with E-state index in [0.717, 1.165) is 0 Å². The van der Waals surface area contributed by atoms with Gasteiger partial charge in [-0.3, -0.25) is 0 Å². The molecule has 0 heterocycles. The molecule has 0 spiro atoms. The Hall–Kier alpha value is 0.774. The Bertz CT molecular complexity index is 197. The summed E-state index contributed by atoms with van der Waals surface area (Å²) in [5.74, 6) is 0. The molecule has 0 amide bonds. The summed E-state index contributed by atoms with van der Waals surface area (Å²) in [6.07, 6.45) is 11.9. The van der Waals surface area contributed by atoms with Crippen molar-refractivity contribution in [3.8, 4) is 0 Å². The Morgan fingerprint density at radius 2 is 1.57 bits per heavy atom. The third-order valence-corrected chi connectivity index (χ3v) is 1.96. The van der Waals surface area contributed by atoms with Crippen LogP contribution in [-0.4, -0.2) is 0 Å². The molecule has 1 aliphatic rings. The Morgan fingerprint density at radius 1 is 1.07 bits per heavy atom. The first kappa shape index (κ1) is 14.8. The molecular weight excluding hydrogens is 251 g/mol. The van der Waals surface area contributed by atoms with Crippen LogP contribution in [0.15, 0.2) is 23.3 Å². The maximum absolute atomic E-state index is 4.89. The Labute approximate surface area is 104 Å². The fraction of sp³-hybridized carbons (Fsp3) is 0.545. The van der Waals surface area contributed by atoms with E-state index in [0.29, 0.717) is 0 Å². The second kappa shape index (κ2) is 10.3. The fourth-order valence-electron chi connectivity index (χ4n) is 1.44. The van der Waals surface area contributed by atoms with Gasteiger partial charge in [0, 0.05) is 6.42 Å². The first-order valence-electron chi connectivity index (χ1n) is 4.99. The summed E-state index contributed by atoms with van der Waals surface area (Å²) < 4.78 is 0. The fourth-order valence-corrected chi connectivity index (χ4v) is 1.44. The zero-order valence-corrected chi connectivity index (χ0v) is 11.9. The molecule has 0 aliphatic heterocycles. The predicted octanol–water partition coefficient (Wildman–Crippen LogP) is 5.03. The van der Waals surface area contributed by atoms with Crippen molar-refractivity contribution in [1.82, 2.24) is 0 Å². The number of halogens is 2. The van der Waals surface area contributed by atoms with Crippen molar-refractivity contribution in [2.24, 2.45) is 0 Å². The van der Waals surface area contributed by atoms with E-state index < -0.39 is 17.0 Å². The molecule has 0 aromatic rings. The number of rotatable bonds is 4. The van der Waals surface area contributed by atoms with Gasteiger partial charge in [0.2, 0.25) is 0 Å². The molecule has 14 heavy (non-hydrogen) atoms. The topological polar surface area (TPSA) is 0 Å². The van der Waals surface area contributed by atoms with Crippen LogP contribution in [0.25, 0.3) is 0 Å². The molecule has 0 bridgehead atoms. The summed E-state index contributed by atoms with van der Waals surface area (Å²) in [4.78, 5) is 0. The molecule has 0 aromatic heterocycles. The molecule has 0 atom stereocenters. The number of hydrogen-bond acceptors (Lipinski definition) is 0. The molecule has 79 valence electrons. The van der Waals surface area contributed by atoms with Gasteiger partial charge >= 0.3 is 35.6 Å². The minimum absolute atomic E-state index is 0.556. The quantitative estimate of drug-likeness (QED) is 0.627. The third-order valence-electron chi connectivity index (χ3n) is 1.96. The summed E-state index contributed by atoms with van der Waals surface area (Å²) >= 11 is -0.556. The predicted molar refractivity (Wildman–Crippen MR) is 62.0 cm³/mol. The van der Waals surface area contributed by atoms with Gasteiger partial charge in [0.25, 0.3) is 0 Å². The Kier molecular flexibility index (Phi) is 10.9. The van der Waals surface area contributed by atoms with Gasteiger partial charge in [-0.05, 0) is 12.8 Å². The van der Waals surface area contributed by atoms with Gasteiger partial charge < -0.3 is 0 Å². The third kappa shape index (κ3) is 7.12. The van der Waals surface area contributed by atoms with Crippen molar-refractivity contribution in [3.63, 3.8) is 0 Å². The van der Waals surface area contributed by atoms with Crippen LogP contribution in [0.4, 0.5) is 0 Å². The van der Waals surface area contributed by atoms with Crippen molar-refractivity contribution < 1.29 is 17.0 Å². The van der Waals surface area contributed by atoms with Gasteiger partial charge in [-0.2, -0.15) is 0 Å². The van der Waals surface area contributed by atoms with Crippen molar-refractivity contribution in [2.75, 3.05) is 0 Å². The maximum atomic E-state index is 4.89. The molecule has 0 saturated carbocycles. The van der Waals surface area contributed by atoms with E-state index in [1.165, 1.54) is 36.8 Å². The average molecular weight is 268 g/mol. The van der Waals surface area contributed by atoms with E-state index in [4.69, 9.17) is 18.6 Å². The van der Waals surface area contributed by atoms with Gasteiger partial charge in [-0.25, -0.2) is 0 Å². The van der Waals surface area contributed by atoms with Gasteiger partial charge in [0.05, 0.1) is 0 Å². The van der Waals surface area contributed by atoms with Crippen LogP contribution in [-0.2, 0) is 17.0 Å². The molecule has 0 N–H and O–H groups in total. The van der Waals surface area contributed by atoms with Gasteiger partial charge in [0.15, 0.2) is 0 Å². The molecule has 1 radical (unpaired) electrons. The van der Waals surface area contributed by atoms with Gasteiger partial charge in [-0.15, -0.1) is 0 Å². The van der Waals surface area contributed by atoms with Gasteiger partial charge in [-0.1, -0.05) is 50.0 Å². The van der Waals surface area contributed by atoms with Crippen molar-refractivity contribution in [2.45, 2.75) is 39.5 Å². The normalized spacial score (nSPS) is 14.0. The molecule has 0 nitrogen and oxygen atoms in total. The van der Waals surface area contributed by atoms with E-state index >= 15 is 0 Å². The zero-order valence-electron chi connectivity index (χ0n) is 8.82. The first-order chi connectivity index (χ1) is 6.78. The molecule has 0 unspecified atom stereocenters. The SMILES string of the molecule is CCCC1=CC(CCC)=C[CH]1.[Cl][Ti][Cl]. The molecular formula is C11H17Cl2Ti. The second-order valence-corrected chi connectivity index (χ2v) is 5.78.